The summed E-state index contributed by atoms with van der Waals surface area (Å²) in [5.41, 5.74) is 0. The molecule has 0 aliphatic carbocycles. The van der Waals surface area contributed by atoms with Gasteiger partial charge >= 0.3 is 17.9 Å². The zero-order chi connectivity index (χ0) is 50.7. The number of hydrogen-bond donors (Lipinski definition) is 0. The van der Waals surface area contributed by atoms with Gasteiger partial charge in [0, 0.05) is 19.3 Å². The van der Waals surface area contributed by atoms with Crippen molar-refractivity contribution in [1.82, 2.24) is 0 Å². The van der Waals surface area contributed by atoms with Crippen LogP contribution in [-0.4, -0.2) is 37.2 Å². The van der Waals surface area contributed by atoms with Gasteiger partial charge in [-0.2, -0.15) is 0 Å². The first kappa shape index (κ1) is 66.9. The molecule has 0 bridgehead atoms. The third-order valence-corrected chi connectivity index (χ3v) is 12.9. The Hall–Kier alpha value is -3.15. The van der Waals surface area contributed by atoms with Crippen molar-refractivity contribution >= 4 is 17.9 Å². The van der Waals surface area contributed by atoms with Crippen LogP contribution < -0.4 is 0 Å². The van der Waals surface area contributed by atoms with Crippen molar-refractivity contribution < 1.29 is 28.6 Å². The number of carbonyl (C=O) groups excluding carboxylic acids is 3. The number of hydrogen-bond acceptors (Lipinski definition) is 6. The van der Waals surface area contributed by atoms with E-state index in [0.717, 1.165) is 103 Å². The second-order valence-corrected chi connectivity index (χ2v) is 19.9. The minimum absolute atomic E-state index is 0.0880. The molecule has 0 heterocycles. The van der Waals surface area contributed by atoms with E-state index in [0.29, 0.717) is 19.3 Å². The topological polar surface area (TPSA) is 78.9 Å². The van der Waals surface area contributed by atoms with E-state index in [1.54, 1.807) is 0 Å². The number of carbonyl (C=O) groups is 3. The zero-order valence-electron chi connectivity index (χ0n) is 46.3. The second-order valence-electron chi connectivity index (χ2n) is 19.9. The quantitative estimate of drug-likeness (QED) is 0.0261. The molecule has 0 spiro atoms. The maximum Gasteiger partial charge on any atom is 0.306 e. The van der Waals surface area contributed by atoms with Gasteiger partial charge in [0.05, 0.1) is 0 Å². The Kier molecular flexibility index (Phi) is 55.8. The fourth-order valence-electron chi connectivity index (χ4n) is 8.47. The molecule has 0 rings (SSSR count). The lowest BCUT2D eigenvalue weighted by Gasteiger charge is -2.18. The zero-order valence-corrected chi connectivity index (χ0v) is 46.3. The predicted molar refractivity (Wildman–Crippen MR) is 302 cm³/mol. The van der Waals surface area contributed by atoms with Gasteiger partial charge in [-0.1, -0.05) is 261 Å². The lowest BCUT2D eigenvalue weighted by molar-refractivity contribution is -0.167. The van der Waals surface area contributed by atoms with Crippen molar-refractivity contribution in [2.24, 2.45) is 0 Å². The first-order valence-corrected chi connectivity index (χ1v) is 29.9. The normalized spacial score (nSPS) is 12.6. The Morgan fingerprint density at radius 2 is 0.557 bits per heavy atom. The molecular formula is C64H112O6. The van der Waals surface area contributed by atoms with Gasteiger partial charge in [0.1, 0.15) is 13.2 Å². The van der Waals surface area contributed by atoms with Crippen LogP contribution in [0.5, 0.6) is 0 Å². The molecule has 0 amide bonds. The van der Waals surface area contributed by atoms with Crippen LogP contribution in [0.15, 0.2) is 72.9 Å². The smallest absolute Gasteiger partial charge is 0.306 e. The summed E-state index contributed by atoms with van der Waals surface area (Å²) in [6.45, 7) is 6.52. The summed E-state index contributed by atoms with van der Waals surface area (Å²) >= 11 is 0. The molecular weight excluding hydrogens is 865 g/mol. The second kappa shape index (κ2) is 58.4. The van der Waals surface area contributed by atoms with E-state index in [-0.39, 0.29) is 31.1 Å². The van der Waals surface area contributed by atoms with Crippen molar-refractivity contribution in [1.29, 1.82) is 0 Å². The molecule has 6 nitrogen and oxygen atoms in total. The van der Waals surface area contributed by atoms with E-state index >= 15 is 0 Å². The average molecular weight is 978 g/mol. The largest absolute Gasteiger partial charge is 0.462 e. The van der Waals surface area contributed by atoms with E-state index in [1.165, 1.54) is 154 Å². The third-order valence-electron chi connectivity index (χ3n) is 12.9. The first-order valence-electron chi connectivity index (χ1n) is 29.9. The van der Waals surface area contributed by atoms with Crippen LogP contribution in [0.3, 0.4) is 0 Å². The van der Waals surface area contributed by atoms with Gasteiger partial charge in [0.15, 0.2) is 6.10 Å². The van der Waals surface area contributed by atoms with Gasteiger partial charge in [-0.25, -0.2) is 0 Å². The Morgan fingerprint density at radius 1 is 0.300 bits per heavy atom. The minimum atomic E-state index is -0.791. The van der Waals surface area contributed by atoms with Gasteiger partial charge in [-0.05, 0) is 89.9 Å². The fourth-order valence-corrected chi connectivity index (χ4v) is 8.47. The van der Waals surface area contributed by atoms with Crippen LogP contribution in [0.4, 0.5) is 0 Å². The molecule has 0 N–H and O–H groups in total. The summed E-state index contributed by atoms with van der Waals surface area (Å²) in [5.74, 6) is -0.916. The monoisotopic (exact) mass is 977 g/mol. The van der Waals surface area contributed by atoms with Crippen LogP contribution in [-0.2, 0) is 28.6 Å². The summed E-state index contributed by atoms with van der Waals surface area (Å²) < 4.78 is 16.9. The summed E-state index contributed by atoms with van der Waals surface area (Å²) in [6.07, 6.45) is 74.6. The van der Waals surface area contributed by atoms with Crippen molar-refractivity contribution in [3.63, 3.8) is 0 Å². The van der Waals surface area contributed by atoms with E-state index < -0.39 is 6.10 Å². The number of ether oxygens (including phenoxy) is 3. The van der Waals surface area contributed by atoms with E-state index in [1.807, 2.05) is 0 Å². The summed E-state index contributed by atoms with van der Waals surface area (Å²) in [5, 5.41) is 0. The van der Waals surface area contributed by atoms with Crippen molar-refractivity contribution in [3.05, 3.63) is 72.9 Å². The van der Waals surface area contributed by atoms with Crippen LogP contribution in [0.2, 0.25) is 0 Å². The molecule has 0 aromatic heterocycles. The van der Waals surface area contributed by atoms with Crippen molar-refractivity contribution in [2.45, 2.75) is 303 Å². The number of allylic oxidation sites excluding steroid dienone is 12. The van der Waals surface area contributed by atoms with Gasteiger partial charge in [0.2, 0.25) is 0 Å². The molecule has 0 aromatic rings. The molecule has 6 heteroatoms. The van der Waals surface area contributed by atoms with Crippen LogP contribution in [0, 0.1) is 0 Å². The van der Waals surface area contributed by atoms with E-state index in [4.69, 9.17) is 14.2 Å². The van der Waals surface area contributed by atoms with E-state index in [9.17, 15) is 14.4 Å². The lowest BCUT2D eigenvalue weighted by Crippen LogP contribution is -2.30. The predicted octanol–water partition coefficient (Wildman–Crippen LogP) is 20.2. The maximum absolute atomic E-state index is 12.9. The highest BCUT2D eigenvalue weighted by atomic mass is 16.6. The molecule has 70 heavy (non-hydrogen) atoms. The van der Waals surface area contributed by atoms with Crippen molar-refractivity contribution in [2.75, 3.05) is 13.2 Å². The molecule has 0 fully saturated rings. The van der Waals surface area contributed by atoms with Crippen LogP contribution in [0.25, 0.3) is 0 Å². The fraction of sp³-hybridized carbons (Fsp3) is 0.766. The van der Waals surface area contributed by atoms with Crippen molar-refractivity contribution in [3.8, 4) is 0 Å². The highest BCUT2D eigenvalue weighted by Gasteiger charge is 2.19. The molecule has 1 atom stereocenters. The molecule has 1 unspecified atom stereocenters. The minimum Gasteiger partial charge on any atom is -0.462 e. The van der Waals surface area contributed by atoms with Gasteiger partial charge in [0.25, 0.3) is 0 Å². The highest BCUT2D eigenvalue weighted by molar-refractivity contribution is 5.71. The molecule has 0 aliphatic heterocycles. The number of esters is 3. The average Bonchev–Trinajstić information content (AvgIpc) is 3.36. The summed E-state index contributed by atoms with van der Waals surface area (Å²) in [4.78, 5) is 38.2. The van der Waals surface area contributed by atoms with Crippen LogP contribution in [0.1, 0.15) is 297 Å². The van der Waals surface area contributed by atoms with E-state index in [2.05, 4.69) is 93.7 Å². The molecule has 0 aliphatic rings. The van der Waals surface area contributed by atoms with Gasteiger partial charge in [-0.15, -0.1) is 0 Å². The lowest BCUT2D eigenvalue weighted by atomic mass is 10.0. The maximum atomic E-state index is 12.9. The summed E-state index contributed by atoms with van der Waals surface area (Å²) in [7, 11) is 0. The molecule has 0 radical (unpaired) electrons. The highest BCUT2D eigenvalue weighted by Crippen LogP contribution is 2.16. The number of unbranched alkanes of at least 4 members (excludes halogenated alkanes) is 31. The first-order chi connectivity index (χ1) is 34.5. The Labute approximate surface area is 433 Å². The SMILES string of the molecule is CC/C=C\C/C=C\C/C=C\C/C=C\C/C=C\CCCCCC(=O)OCC(COC(=O)CCCCCCC/C=C\CCCCCCCC)OC(=O)CCCCCCCCCCCCCCCCCCCC. The Bertz CT molecular complexity index is 1310. The van der Waals surface area contributed by atoms with Crippen LogP contribution >= 0.6 is 0 Å². The standard InChI is InChI=1S/C64H112O6/c1-4-7-10-13-16-19-22-25-28-30-32-34-36-39-42-45-48-51-54-57-63(66)69-60-61(59-68-62(65)56-53-50-47-44-41-38-35-27-24-21-18-15-12-9-6-3)70-64(67)58-55-52-49-46-43-40-37-33-31-29-26-23-20-17-14-11-8-5-2/h7,10,16,19,25,27-28,32,34-35,39,42,61H,4-6,8-9,11-15,17-18,20-24,26,29-31,33,36-38,40-41,43-60H2,1-3H3/b10-7-,19-16-,28-25-,34-32-,35-27-,42-39-. The Balaban J connectivity index is 4.43. The summed E-state index contributed by atoms with van der Waals surface area (Å²) in [6, 6.07) is 0. The molecule has 0 aromatic carbocycles. The molecule has 0 saturated carbocycles. The molecule has 0 saturated heterocycles. The van der Waals surface area contributed by atoms with Gasteiger partial charge < -0.3 is 14.2 Å². The number of rotatable bonds is 54. The molecule has 404 valence electrons. The Morgan fingerprint density at radius 3 is 0.900 bits per heavy atom. The third kappa shape index (κ3) is 55.8. The van der Waals surface area contributed by atoms with Gasteiger partial charge in [-0.3, -0.25) is 14.4 Å².